The zero-order valence-electron chi connectivity index (χ0n) is 15.5. The molecule has 4 aromatic rings. The zero-order chi connectivity index (χ0) is 22.0. The monoisotopic (exact) mass is 443 g/mol. The Bertz CT molecular complexity index is 1290. The highest BCUT2D eigenvalue weighted by molar-refractivity contribution is 7.99. The van der Waals surface area contributed by atoms with Gasteiger partial charge in [0.2, 0.25) is 5.91 Å². The maximum atomic E-state index is 13.0. The number of pyridine rings is 1. The molecule has 31 heavy (non-hydrogen) atoms. The lowest BCUT2D eigenvalue weighted by Crippen LogP contribution is -2.18. The Morgan fingerprint density at radius 1 is 1.16 bits per heavy atom. The lowest BCUT2D eigenvalue weighted by Gasteiger charge is -2.09. The van der Waals surface area contributed by atoms with E-state index in [9.17, 15) is 23.2 Å². The molecule has 0 radical (unpaired) electrons. The first-order chi connectivity index (χ1) is 14.9. The topological polar surface area (TPSA) is 101 Å². The first kappa shape index (κ1) is 20.4. The van der Waals surface area contributed by atoms with Crippen LogP contribution in [0.2, 0.25) is 0 Å². The van der Waals surface area contributed by atoms with Crippen molar-refractivity contribution in [3.05, 3.63) is 66.0 Å². The van der Waals surface area contributed by atoms with Crippen LogP contribution in [0.1, 0.15) is 11.1 Å². The van der Waals surface area contributed by atoms with Crippen LogP contribution >= 0.6 is 11.8 Å². The average molecular weight is 443 g/mol. The van der Waals surface area contributed by atoms with Crippen molar-refractivity contribution in [2.75, 3.05) is 11.1 Å². The molecule has 156 valence electrons. The molecule has 3 aromatic heterocycles. The number of carbonyl (C=O) groups is 1. The number of hydrogen-bond acceptors (Lipinski definition) is 6. The van der Waals surface area contributed by atoms with Gasteiger partial charge in [-0.2, -0.15) is 23.5 Å². The minimum atomic E-state index is -4.51. The van der Waals surface area contributed by atoms with Crippen LogP contribution in [-0.4, -0.2) is 36.0 Å². The van der Waals surface area contributed by atoms with Crippen LogP contribution in [0.15, 0.2) is 60.0 Å². The predicted molar refractivity (Wildman–Crippen MR) is 106 cm³/mol. The SMILES string of the molecule is N#Cc1cnn(-c2ccccc2)c1NC(=O)CSc1nnc2ccc(C(F)(F)F)cn12. The molecule has 0 aliphatic carbocycles. The van der Waals surface area contributed by atoms with Crippen LogP contribution < -0.4 is 5.32 Å². The molecule has 8 nitrogen and oxygen atoms in total. The summed E-state index contributed by atoms with van der Waals surface area (Å²) in [6.07, 6.45) is -2.30. The zero-order valence-corrected chi connectivity index (χ0v) is 16.4. The Hall–Kier alpha value is -3.85. The highest BCUT2D eigenvalue weighted by Gasteiger charge is 2.31. The van der Waals surface area contributed by atoms with Crippen LogP contribution in [0.4, 0.5) is 19.0 Å². The molecule has 12 heteroatoms. The second-order valence-corrected chi connectivity index (χ2v) is 7.17. The summed E-state index contributed by atoms with van der Waals surface area (Å²) in [5.41, 5.74) is 0.196. The van der Waals surface area contributed by atoms with Gasteiger partial charge in [-0.05, 0) is 24.3 Å². The van der Waals surface area contributed by atoms with Crippen molar-refractivity contribution in [2.24, 2.45) is 0 Å². The molecule has 0 spiro atoms. The van der Waals surface area contributed by atoms with Crippen LogP contribution in [0.5, 0.6) is 0 Å². The van der Waals surface area contributed by atoms with Crippen molar-refractivity contribution in [3.8, 4) is 11.8 Å². The quantitative estimate of drug-likeness (QED) is 0.474. The number of nitrogens with one attached hydrogen (secondary N) is 1. The normalized spacial score (nSPS) is 11.4. The van der Waals surface area contributed by atoms with E-state index < -0.39 is 17.6 Å². The Balaban J connectivity index is 1.52. The molecule has 0 saturated carbocycles. The molecule has 1 amide bonds. The van der Waals surface area contributed by atoms with Crippen LogP contribution in [-0.2, 0) is 11.0 Å². The fourth-order valence-corrected chi connectivity index (χ4v) is 3.47. The van der Waals surface area contributed by atoms with Crippen molar-refractivity contribution in [1.29, 1.82) is 5.26 Å². The number of amides is 1. The summed E-state index contributed by atoms with van der Waals surface area (Å²) in [6, 6.07) is 13.0. The third kappa shape index (κ3) is 4.22. The summed E-state index contributed by atoms with van der Waals surface area (Å²) in [5.74, 6) is -0.449. The molecule has 1 aromatic carbocycles. The Kier molecular flexibility index (Phi) is 5.35. The van der Waals surface area contributed by atoms with E-state index in [-0.39, 0.29) is 27.9 Å². The van der Waals surface area contributed by atoms with Gasteiger partial charge in [0.15, 0.2) is 16.6 Å². The van der Waals surface area contributed by atoms with E-state index in [0.717, 1.165) is 24.0 Å². The van der Waals surface area contributed by atoms with Gasteiger partial charge in [0, 0.05) is 6.20 Å². The number of rotatable bonds is 5. The van der Waals surface area contributed by atoms with Gasteiger partial charge in [-0.15, -0.1) is 10.2 Å². The molecular formula is C19H12F3N7OS. The summed E-state index contributed by atoms with van der Waals surface area (Å²) >= 11 is 0.918. The fraction of sp³-hybridized carbons (Fsp3) is 0.105. The number of para-hydroxylation sites is 1. The third-order valence-corrected chi connectivity index (χ3v) is 5.12. The van der Waals surface area contributed by atoms with E-state index in [0.29, 0.717) is 5.69 Å². The second-order valence-electron chi connectivity index (χ2n) is 6.23. The molecule has 0 unspecified atom stereocenters. The maximum absolute atomic E-state index is 13.0. The Labute approximate surface area is 177 Å². The molecule has 0 atom stereocenters. The molecule has 0 bridgehead atoms. The van der Waals surface area contributed by atoms with E-state index in [2.05, 4.69) is 20.6 Å². The van der Waals surface area contributed by atoms with Gasteiger partial charge in [-0.1, -0.05) is 30.0 Å². The number of aromatic nitrogens is 5. The standard InChI is InChI=1S/C19H12F3N7OS/c20-19(21,22)13-6-7-15-26-27-18(28(15)10-13)31-11-16(30)25-17-12(8-23)9-24-29(17)14-4-2-1-3-5-14/h1-7,9-10H,11H2,(H,25,30). The molecule has 0 fully saturated rings. The van der Waals surface area contributed by atoms with Crippen LogP contribution in [0, 0.1) is 11.3 Å². The Morgan fingerprint density at radius 2 is 1.94 bits per heavy atom. The number of nitrogens with zero attached hydrogens (tertiary/aromatic N) is 6. The summed E-state index contributed by atoms with van der Waals surface area (Å²) < 4.78 is 41.5. The van der Waals surface area contributed by atoms with Gasteiger partial charge in [0.05, 0.1) is 23.2 Å². The van der Waals surface area contributed by atoms with Crippen LogP contribution in [0.25, 0.3) is 11.3 Å². The molecule has 3 heterocycles. The first-order valence-corrected chi connectivity index (χ1v) is 9.73. The number of fused-ring (bicyclic) bond motifs is 1. The van der Waals surface area contributed by atoms with Crippen molar-refractivity contribution >= 4 is 29.1 Å². The van der Waals surface area contributed by atoms with Gasteiger partial charge in [-0.3, -0.25) is 9.20 Å². The third-order valence-electron chi connectivity index (χ3n) is 4.18. The summed E-state index contributed by atoms with van der Waals surface area (Å²) in [7, 11) is 0. The average Bonchev–Trinajstić information content (AvgIpc) is 3.35. The van der Waals surface area contributed by atoms with Crippen molar-refractivity contribution in [3.63, 3.8) is 0 Å². The number of nitriles is 1. The van der Waals surface area contributed by atoms with Crippen LogP contribution in [0.3, 0.4) is 0 Å². The number of alkyl halides is 3. The molecule has 0 aliphatic rings. The number of halogens is 3. The molecule has 0 aliphatic heterocycles. The number of carbonyl (C=O) groups excluding carboxylic acids is 1. The Morgan fingerprint density at radius 3 is 2.65 bits per heavy atom. The molecular weight excluding hydrogens is 431 g/mol. The van der Waals surface area contributed by atoms with Crippen molar-refractivity contribution < 1.29 is 18.0 Å². The van der Waals surface area contributed by atoms with E-state index in [1.807, 2.05) is 12.1 Å². The highest BCUT2D eigenvalue weighted by atomic mass is 32.2. The van der Waals surface area contributed by atoms with E-state index in [1.165, 1.54) is 21.3 Å². The first-order valence-electron chi connectivity index (χ1n) is 8.75. The van der Waals surface area contributed by atoms with E-state index in [4.69, 9.17) is 0 Å². The summed E-state index contributed by atoms with van der Waals surface area (Å²) in [4.78, 5) is 12.5. The predicted octanol–water partition coefficient (Wildman–Crippen LogP) is 3.54. The second kappa shape index (κ2) is 8.11. The molecule has 4 rings (SSSR count). The van der Waals surface area contributed by atoms with Crippen molar-refractivity contribution in [2.45, 2.75) is 11.3 Å². The van der Waals surface area contributed by atoms with Gasteiger partial charge < -0.3 is 5.32 Å². The summed E-state index contributed by atoms with van der Waals surface area (Å²) in [6.45, 7) is 0. The minimum Gasteiger partial charge on any atom is -0.309 e. The van der Waals surface area contributed by atoms with Crippen molar-refractivity contribution in [1.82, 2.24) is 24.4 Å². The highest BCUT2D eigenvalue weighted by Crippen LogP contribution is 2.30. The number of hydrogen-bond donors (Lipinski definition) is 1. The number of thioether (sulfide) groups is 1. The smallest absolute Gasteiger partial charge is 0.309 e. The van der Waals surface area contributed by atoms with E-state index >= 15 is 0 Å². The van der Waals surface area contributed by atoms with Gasteiger partial charge in [-0.25, -0.2) is 4.68 Å². The number of anilines is 1. The number of benzene rings is 1. The van der Waals surface area contributed by atoms with Gasteiger partial charge in [0.1, 0.15) is 11.6 Å². The van der Waals surface area contributed by atoms with Gasteiger partial charge >= 0.3 is 6.18 Å². The fourth-order valence-electron chi connectivity index (χ4n) is 2.75. The minimum absolute atomic E-state index is 0.133. The maximum Gasteiger partial charge on any atom is 0.417 e. The summed E-state index contributed by atoms with van der Waals surface area (Å²) in [5, 5.41) is 23.9. The lowest BCUT2D eigenvalue weighted by atomic mass is 10.3. The largest absolute Gasteiger partial charge is 0.417 e. The van der Waals surface area contributed by atoms with E-state index in [1.54, 1.807) is 24.3 Å². The van der Waals surface area contributed by atoms with Gasteiger partial charge in [0.25, 0.3) is 0 Å². The molecule has 1 N–H and O–H groups in total. The molecule has 0 saturated heterocycles. The lowest BCUT2D eigenvalue weighted by molar-refractivity contribution is -0.137.